The van der Waals surface area contributed by atoms with E-state index in [1.807, 2.05) is 36.4 Å². The Bertz CT molecular complexity index is 584. The molecule has 0 fully saturated rings. The molecule has 0 aliphatic heterocycles. The van der Waals surface area contributed by atoms with Crippen molar-refractivity contribution in [3.8, 4) is 0 Å². The van der Waals surface area contributed by atoms with Gasteiger partial charge in [0.05, 0.1) is 10.0 Å². The van der Waals surface area contributed by atoms with Crippen LogP contribution in [0.3, 0.4) is 0 Å². The molecule has 0 aliphatic carbocycles. The van der Waals surface area contributed by atoms with E-state index in [0.717, 1.165) is 11.1 Å². The minimum Gasteiger partial charge on any atom is -0.370 e. The van der Waals surface area contributed by atoms with Crippen molar-refractivity contribution in [2.24, 2.45) is 5.73 Å². The number of hydrogen-bond acceptors (Lipinski definition) is 1. The number of carbonyl (C=O) groups is 1. The Labute approximate surface area is 122 Å². The topological polar surface area (TPSA) is 43.1 Å². The van der Waals surface area contributed by atoms with Crippen LogP contribution in [-0.4, -0.2) is 5.91 Å². The molecule has 2 nitrogen and oxygen atoms in total. The Morgan fingerprint density at radius 3 is 2.26 bits per heavy atom. The van der Waals surface area contributed by atoms with Crippen molar-refractivity contribution in [3.05, 3.63) is 69.7 Å². The molecule has 0 spiro atoms. The van der Waals surface area contributed by atoms with Gasteiger partial charge in [0.15, 0.2) is 0 Å². The molecule has 1 amide bonds. The van der Waals surface area contributed by atoms with Gasteiger partial charge in [-0.15, -0.1) is 0 Å². The summed E-state index contributed by atoms with van der Waals surface area (Å²) in [4.78, 5) is 11.3. The van der Waals surface area contributed by atoms with Gasteiger partial charge in [-0.1, -0.05) is 59.6 Å². The lowest BCUT2D eigenvalue weighted by molar-refractivity contribution is -0.118. The molecule has 2 aromatic carbocycles. The summed E-state index contributed by atoms with van der Waals surface area (Å²) < 4.78 is 0. The molecule has 0 aromatic heterocycles. The second kappa shape index (κ2) is 6.09. The summed E-state index contributed by atoms with van der Waals surface area (Å²) in [7, 11) is 0. The lowest BCUT2D eigenvalue weighted by Crippen LogP contribution is -2.16. The molecular formula is C15H13Cl2NO. The number of primary amides is 1. The molecule has 0 saturated carbocycles. The standard InChI is InChI=1S/C15H13Cl2NO/c16-13-7-6-11(8-14(13)17)12(9-15(18)19)10-4-2-1-3-5-10/h1-8,12H,9H2,(H2,18,19). The quantitative estimate of drug-likeness (QED) is 0.910. The van der Waals surface area contributed by atoms with E-state index < -0.39 is 0 Å². The maximum absolute atomic E-state index is 11.3. The van der Waals surface area contributed by atoms with Gasteiger partial charge in [-0.25, -0.2) is 0 Å². The Balaban J connectivity index is 2.42. The lowest BCUT2D eigenvalue weighted by atomic mass is 9.88. The predicted molar refractivity (Wildman–Crippen MR) is 78.6 cm³/mol. The van der Waals surface area contributed by atoms with Crippen molar-refractivity contribution >= 4 is 29.1 Å². The van der Waals surface area contributed by atoms with Gasteiger partial charge in [-0.05, 0) is 23.3 Å². The molecule has 0 aliphatic rings. The zero-order valence-electron chi connectivity index (χ0n) is 10.1. The fraction of sp³-hybridized carbons (Fsp3) is 0.133. The molecule has 2 N–H and O–H groups in total. The number of carbonyl (C=O) groups excluding carboxylic acids is 1. The van der Waals surface area contributed by atoms with E-state index in [2.05, 4.69) is 0 Å². The molecule has 98 valence electrons. The average Bonchev–Trinajstić information content (AvgIpc) is 2.40. The van der Waals surface area contributed by atoms with Crippen LogP contribution in [0.2, 0.25) is 10.0 Å². The van der Waals surface area contributed by atoms with Crippen LogP contribution in [0.15, 0.2) is 48.5 Å². The van der Waals surface area contributed by atoms with Gasteiger partial charge in [0.1, 0.15) is 0 Å². The highest BCUT2D eigenvalue weighted by Gasteiger charge is 2.17. The van der Waals surface area contributed by atoms with Crippen LogP contribution in [0.5, 0.6) is 0 Å². The van der Waals surface area contributed by atoms with E-state index in [0.29, 0.717) is 10.0 Å². The molecule has 0 bridgehead atoms. The van der Waals surface area contributed by atoms with Gasteiger partial charge >= 0.3 is 0 Å². The minimum absolute atomic E-state index is 0.103. The summed E-state index contributed by atoms with van der Waals surface area (Å²) in [6, 6.07) is 15.1. The Morgan fingerprint density at radius 2 is 1.68 bits per heavy atom. The normalized spacial score (nSPS) is 12.1. The molecule has 0 saturated heterocycles. The molecule has 0 heterocycles. The summed E-state index contributed by atoms with van der Waals surface area (Å²) in [5.41, 5.74) is 7.30. The molecule has 1 unspecified atom stereocenters. The minimum atomic E-state index is -0.347. The van der Waals surface area contributed by atoms with Crippen LogP contribution < -0.4 is 5.73 Å². The Kier molecular flexibility index (Phi) is 4.46. The summed E-state index contributed by atoms with van der Waals surface area (Å²) in [6.07, 6.45) is 0.238. The van der Waals surface area contributed by atoms with E-state index in [1.54, 1.807) is 12.1 Å². The molecule has 19 heavy (non-hydrogen) atoms. The summed E-state index contributed by atoms with van der Waals surface area (Å²) in [6.45, 7) is 0. The summed E-state index contributed by atoms with van der Waals surface area (Å²) in [5.74, 6) is -0.451. The highest BCUT2D eigenvalue weighted by molar-refractivity contribution is 6.42. The largest absolute Gasteiger partial charge is 0.370 e. The second-order valence-electron chi connectivity index (χ2n) is 4.31. The maximum atomic E-state index is 11.3. The first-order chi connectivity index (χ1) is 9.08. The Morgan fingerprint density at radius 1 is 1.00 bits per heavy atom. The van der Waals surface area contributed by atoms with Crippen molar-refractivity contribution in [3.63, 3.8) is 0 Å². The first kappa shape index (κ1) is 13.9. The van der Waals surface area contributed by atoms with Crippen molar-refractivity contribution in [1.29, 1.82) is 0 Å². The third-order valence-corrected chi connectivity index (χ3v) is 3.69. The number of hydrogen-bond donors (Lipinski definition) is 1. The van der Waals surface area contributed by atoms with Gasteiger partial charge < -0.3 is 5.73 Å². The van der Waals surface area contributed by atoms with Crippen LogP contribution in [-0.2, 0) is 4.79 Å². The third kappa shape index (κ3) is 3.49. The molecule has 1 atom stereocenters. The van der Waals surface area contributed by atoms with Crippen LogP contribution >= 0.6 is 23.2 Å². The number of amides is 1. The molecule has 0 radical (unpaired) electrons. The number of halogens is 2. The summed E-state index contributed by atoms with van der Waals surface area (Å²) >= 11 is 11.9. The zero-order chi connectivity index (χ0) is 13.8. The van der Waals surface area contributed by atoms with E-state index >= 15 is 0 Å². The summed E-state index contributed by atoms with van der Waals surface area (Å²) in [5, 5.41) is 0.973. The number of nitrogens with two attached hydrogens (primary N) is 1. The van der Waals surface area contributed by atoms with Gasteiger partial charge in [-0.2, -0.15) is 0 Å². The first-order valence-corrected chi connectivity index (χ1v) is 6.61. The van der Waals surface area contributed by atoms with Crippen LogP contribution in [0.4, 0.5) is 0 Å². The maximum Gasteiger partial charge on any atom is 0.218 e. The van der Waals surface area contributed by atoms with Crippen molar-refractivity contribution < 1.29 is 4.79 Å². The Hall–Kier alpha value is -1.51. The first-order valence-electron chi connectivity index (χ1n) is 5.86. The fourth-order valence-corrected chi connectivity index (χ4v) is 2.35. The van der Waals surface area contributed by atoms with Gasteiger partial charge in [0, 0.05) is 12.3 Å². The zero-order valence-corrected chi connectivity index (χ0v) is 11.7. The second-order valence-corrected chi connectivity index (χ2v) is 5.12. The fourth-order valence-electron chi connectivity index (χ4n) is 2.04. The third-order valence-electron chi connectivity index (χ3n) is 2.95. The van der Waals surface area contributed by atoms with Gasteiger partial charge in [-0.3, -0.25) is 4.79 Å². The van der Waals surface area contributed by atoms with Crippen molar-refractivity contribution in [2.45, 2.75) is 12.3 Å². The smallest absolute Gasteiger partial charge is 0.218 e. The highest BCUT2D eigenvalue weighted by atomic mass is 35.5. The van der Waals surface area contributed by atoms with E-state index in [1.165, 1.54) is 0 Å². The van der Waals surface area contributed by atoms with E-state index in [9.17, 15) is 4.79 Å². The number of benzene rings is 2. The van der Waals surface area contributed by atoms with Gasteiger partial charge in [0.25, 0.3) is 0 Å². The highest BCUT2D eigenvalue weighted by Crippen LogP contribution is 2.32. The molecular weight excluding hydrogens is 281 g/mol. The average molecular weight is 294 g/mol. The molecule has 2 rings (SSSR count). The predicted octanol–water partition coefficient (Wildman–Crippen LogP) is 4.00. The molecule has 4 heteroatoms. The van der Waals surface area contributed by atoms with Crippen molar-refractivity contribution in [1.82, 2.24) is 0 Å². The van der Waals surface area contributed by atoms with Gasteiger partial charge in [0.2, 0.25) is 5.91 Å². The van der Waals surface area contributed by atoms with E-state index in [-0.39, 0.29) is 18.2 Å². The molecule has 2 aromatic rings. The SMILES string of the molecule is NC(=O)CC(c1ccccc1)c1ccc(Cl)c(Cl)c1. The number of rotatable bonds is 4. The van der Waals surface area contributed by atoms with E-state index in [4.69, 9.17) is 28.9 Å². The lowest BCUT2D eigenvalue weighted by Gasteiger charge is -2.17. The van der Waals surface area contributed by atoms with Crippen molar-refractivity contribution in [2.75, 3.05) is 0 Å². The van der Waals surface area contributed by atoms with Crippen LogP contribution in [0.1, 0.15) is 23.5 Å². The monoisotopic (exact) mass is 293 g/mol. The van der Waals surface area contributed by atoms with Crippen LogP contribution in [0.25, 0.3) is 0 Å². The van der Waals surface area contributed by atoms with Crippen LogP contribution in [0, 0.1) is 0 Å².